The molecule has 0 fully saturated rings. The molecule has 0 aliphatic heterocycles. The molecule has 0 radical (unpaired) electrons. The van der Waals surface area contributed by atoms with Crippen LogP contribution in [0.25, 0.3) is 0 Å². The van der Waals surface area contributed by atoms with Crippen LogP contribution in [-0.4, -0.2) is 28.4 Å². The zero-order valence-corrected chi connectivity index (χ0v) is 6.01. The molecule has 0 aliphatic rings. The first kappa shape index (κ1) is 9.03. The van der Waals surface area contributed by atoms with Gasteiger partial charge in [-0.3, -0.25) is 0 Å². The molecule has 10 heavy (non-hydrogen) atoms. The third kappa shape index (κ3) is 3.13. The van der Waals surface area contributed by atoms with Gasteiger partial charge in [-0.15, -0.1) is 11.8 Å². The molecule has 56 valence electrons. The zero-order chi connectivity index (χ0) is 8.15. The second-order valence-electron chi connectivity index (χ2n) is 1.36. The van der Waals surface area contributed by atoms with Crippen LogP contribution in [0.4, 0.5) is 0 Å². The van der Waals surface area contributed by atoms with E-state index in [1.807, 2.05) is 0 Å². The van der Waals surface area contributed by atoms with Gasteiger partial charge >= 0.3 is 11.9 Å². The minimum absolute atomic E-state index is 0.174. The summed E-state index contributed by atoms with van der Waals surface area (Å²) in [5.41, 5.74) is 0. The molecule has 0 spiro atoms. The Kier molecular flexibility index (Phi) is 3.56. The van der Waals surface area contributed by atoms with Crippen molar-refractivity contribution in [1.82, 2.24) is 0 Å². The second-order valence-corrected chi connectivity index (χ2v) is 2.20. The summed E-state index contributed by atoms with van der Waals surface area (Å²) in [7, 11) is 0. The number of hydrogen-bond acceptors (Lipinski definition) is 3. The molecule has 0 heterocycles. The predicted molar refractivity (Wildman–Crippen MR) is 36.9 cm³/mol. The van der Waals surface area contributed by atoms with Crippen LogP contribution < -0.4 is 0 Å². The minimum atomic E-state index is -1.24. The SMILES string of the molecule is CSC(=CC(=O)O)C(=O)O. The van der Waals surface area contributed by atoms with Gasteiger partial charge in [0, 0.05) is 6.08 Å². The average Bonchev–Trinajstić information content (AvgIpc) is 1.81. The van der Waals surface area contributed by atoms with Crippen LogP contribution in [0.1, 0.15) is 0 Å². The van der Waals surface area contributed by atoms with Gasteiger partial charge in [0.05, 0.1) is 4.91 Å². The monoisotopic (exact) mass is 162 g/mol. The van der Waals surface area contributed by atoms with E-state index in [4.69, 9.17) is 10.2 Å². The molecule has 0 bridgehead atoms. The van der Waals surface area contributed by atoms with Crippen molar-refractivity contribution >= 4 is 23.7 Å². The lowest BCUT2D eigenvalue weighted by molar-refractivity contribution is -0.134. The molecular formula is C5H6O4S. The Morgan fingerprint density at radius 2 is 1.90 bits per heavy atom. The predicted octanol–water partition coefficient (Wildman–Crippen LogP) is 0.402. The Hall–Kier alpha value is -0.970. The summed E-state index contributed by atoms with van der Waals surface area (Å²) in [6.45, 7) is 0. The molecule has 0 saturated heterocycles. The van der Waals surface area contributed by atoms with Gasteiger partial charge in [-0.1, -0.05) is 0 Å². The normalized spacial score (nSPS) is 11.1. The zero-order valence-electron chi connectivity index (χ0n) is 5.20. The molecule has 0 rings (SSSR count). The molecule has 5 heteroatoms. The number of rotatable bonds is 3. The number of aliphatic carboxylic acids is 2. The van der Waals surface area contributed by atoms with Gasteiger partial charge in [0.15, 0.2) is 0 Å². The van der Waals surface area contributed by atoms with E-state index in [1.165, 1.54) is 6.26 Å². The first-order valence-electron chi connectivity index (χ1n) is 2.30. The van der Waals surface area contributed by atoms with Crippen LogP contribution in [-0.2, 0) is 9.59 Å². The van der Waals surface area contributed by atoms with Crippen molar-refractivity contribution in [1.29, 1.82) is 0 Å². The first-order chi connectivity index (χ1) is 4.57. The maximum absolute atomic E-state index is 10.1. The Morgan fingerprint density at radius 1 is 1.40 bits per heavy atom. The molecule has 0 aliphatic carbocycles. The Balaban J connectivity index is 4.34. The van der Waals surface area contributed by atoms with Crippen LogP contribution in [0, 0.1) is 0 Å². The van der Waals surface area contributed by atoms with Crippen molar-refractivity contribution in [2.45, 2.75) is 0 Å². The smallest absolute Gasteiger partial charge is 0.342 e. The molecule has 0 atom stereocenters. The largest absolute Gasteiger partial charge is 0.478 e. The maximum Gasteiger partial charge on any atom is 0.342 e. The molecule has 0 aromatic rings. The highest BCUT2D eigenvalue weighted by atomic mass is 32.2. The third-order valence-corrected chi connectivity index (χ3v) is 1.42. The summed E-state index contributed by atoms with van der Waals surface area (Å²) < 4.78 is 0. The average molecular weight is 162 g/mol. The number of carboxylic acid groups (broad SMARTS) is 2. The van der Waals surface area contributed by atoms with E-state index in [0.29, 0.717) is 6.08 Å². The number of hydrogen-bond donors (Lipinski definition) is 2. The molecule has 0 aromatic heterocycles. The molecule has 0 unspecified atom stereocenters. The lowest BCUT2D eigenvalue weighted by Crippen LogP contribution is -1.99. The van der Waals surface area contributed by atoms with E-state index < -0.39 is 11.9 Å². The fraction of sp³-hybridized carbons (Fsp3) is 0.200. The Labute approximate surface area is 61.5 Å². The minimum Gasteiger partial charge on any atom is -0.478 e. The van der Waals surface area contributed by atoms with Crippen LogP contribution in [0.5, 0.6) is 0 Å². The first-order valence-corrected chi connectivity index (χ1v) is 3.52. The number of carbonyl (C=O) groups is 2. The van der Waals surface area contributed by atoms with Crippen molar-refractivity contribution in [3.63, 3.8) is 0 Å². The summed E-state index contributed by atoms with van der Waals surface area (Å²) in [4.78, 5) is 19.9. The number of carboxylic acids is 2. The molecule has 0 saturated carbocycles. The van der Waals surface area contributed by atoms with Crippen molar-refractivity contribution in [3.05, 3.63) is 11.0 Å². The number of thioether (sulfide) groups is 1. The standard InChI is InChI=1S/C5H6O4S/c1-10-3(5(8)9)2-4(6)7/h2H,1H3,(H,6,7)(H,8,9). The molecule has 0 amide bonds. The van der Waals surface area contributed by atoms with Gasteiger partial charge in [0.25, 0.3) is 0 Å². The highest BCUT2D eigenvalue weighted by Crippen LogP contribution is 2.10. The van der Waals surface area contributed by atoms with Gasteiger partial charge in [0.2, 0.25) is 0 Å². The Morgan fingerprint density at radius 3 is 2.00 bits per heavy atom. The summed E-state index contributed by atoms with van der Waals surface area (Å²) >= 11 is 0.887. The fourth-order valence-electron chi connectivity index (χ4n) is 0.320. The fourth-order valence-corrected chi connectivity index (χ4v) is 0.713. The third-order valence-electron chi connectivity index (χ3n) is 0.685. The molecule has 4 nitrogen and oxygen atoms in total. The van der Waals surface area contributed by atoms with Crippen molar-refractivity contribution in [3.8, 4) is 0 Å². The van der Waals surface area contributed by atoms with Gasteiger partial charge in [0.1, 0.15) is 0 Å². The molecule has 0 aromatic carbocycles. The van der Waals surface area contributed by atoms with E-state index in [-0.39, 0.29) is 4.91 Å². The molecular weight excluding hydrogens is 156 g/mol. The summed E-state index contributed by atoms with van der Waals surface area (Å²) in [5, 5.41) is 16.4. The van der Waals surface area contributed by atoms with E-state index in [9.17, 15) is 9.59 Å². The van der Waals surface area contributed by atoms with E-state index >= 15 is 0 Å². The van der Waals surface area contributed by atoms with Gasteiger partial charge in [-0.2, -0.15) is 0 Å². The van der Waals surface area contributed by atoms with Crippen molar-refractivity contribution in [2.24, 2.45) is 0 Å². The highest BCUT2D eigenvalue weighted by Gasteiger charge is 2.06. The van der Waals surface area contributed by atoms with Crippen LogP contribution >= 0.6 is 11.8 Å². The van der Waals surface area contributed by atoms with Gasteiger partial charge in [-0.05, 0) is 6.26 Å². The maximum atomic E-state index is 10.1. The van der Waals surface area contributed by atoms with Gasteiger partial charge in [-0.25, -0.2) is 9.59 Å². The quantitative estimate of drug-likeness (QED) is 0.587. The summed E-state index contributed by atoms with van der Waals surface area (Å²) in [5.74, 6) is -2.46. The lowest BCUT2D eigenvalue weighted by atomic mass is 10.5. The summed E-state index contributed by atoms with van der Waals surface area (Å²) in [6.07, 6.45) is 2.16. The van der Waals surface area contributed by atoms with E-state index in [1.54, 1.807) is 0 Å². The topological polar surface area (TPSA) is 74.6 Å². The van der Waals surface area contributed by atoms with Gasteiger partial charge < -0.3 is 10.2 Å². The van der Waals surface area contributed by atoms with E-state index in [0.717, 1.165) is 11.8 Å². The molecule has 2 N–H and O–H groups in total. The van der Waals surface area contributed by atoms with Crippen LogP contribution in [0.15, 0.2) is 11.0 Å². The van der Waals surface area contributed by atoms with Crippen molar-refractivity contribution in [2.75, 3.05) is 6.26 Å². The highest BCUT2D eigenvalue weighted by molar-refractivity contribution is 8.03. The van der Waals surface area contributed by atoms with Crippen molar-refractivity contribution < 1.29 is 19.8 Å². The Bertz CT molecular complexity index is 184. The van der Waals surface area contributed by atoms with Crippen LogP contribution in [0.3, 0.4) is 0 Å². The lowest BCUT2D eigenvalue weighted by Gasteiger charge is -1.91. The second kappa shape index (κ2) is 3.94. The summed E-state index contributed by atoms with van der Waals surface area (Å²) in [6, 6.07) is 0. The van der Waals surface area contributed by atoms with Crippen LogP contribution in [0.2, 0.25) is 0 Å². The van der Waals surface area contributed by atoms with E-state index in [2.05, 4.69) is 0 Å².